The standard InChI is InChI=1S/C15H18N2O4/c1-4-20-8-7-11-16-17-14(21-11)12-9(2)5-6-10(3)13(12)15(18)19/h5-6H,4,7-8H2,1-3H3,(H,18,19). The van der Waals surface area contributed by atoms with Gasteiger partial charge in [-0.15, -0.1) is 10.2 Å². The zero-order valence-electron chi connectivity index (χ0n) is 12.3. The number of benzene rings is 1. The van der Waals surface area contributed by atoms with Crippen molar-refractivity contribution in [3.05, 3.63) is 34.7 Å². The lowest BCUT2D eigenvalue weighted by molar-refractivity contribution is 0.0696. The quantitative estimate of drug-likeness (QED) is 0.823. The molecule has 6 heteroatoms. The Morgan fingerprint density at radius 3 is 2.67 bits per heavy atom. The van der Waals surface area contributed by atoms with Gasteiger partial charge in [0, 0.05) is 13.0 Å². The number of hydrogen-bond acceptors (Lipinski definition) is 5. The summed E-state index contributed by atoms with van der Waals surface area (Å²) in [7, 11) is 0. The maximum absolute atomic E-state index is 11.5. The maximum Gasteiger partial charge on any atom is 0.336 e. The highest BCUT2D eigenvalue weighted by molar-refractivity contribution is 5.97. The molecule has 1 aromatic heterocycles. The Hall–Kier alpha value is -2.21. The number of rotatable bonds is 6. The first-order valence-electron chi connectivity index (χ1n) is 6.78. The molecular weight excluding hydrogens is 272 g/mol. The summed E-state index contributed by atoms with van der Waals surface area (Å²) in [6, 6.07) is 3.62. The van der Waals surface area contributed by atoms with Crippen molar-refractivity contribution < 1.29 is 19.1 Å². The highest BCUT2D eigenvalue weighted by Crippen LogP contribution is 2.29. The minimum absolute atomic E-state index is 0.204. The summed E-state index contributed by atoms with van der Waals surface area (Å²) < 4.78 is 10.8. The monoisotopic (exact) mass is 290 g/mol. The molecule has 6 nitrogen and oxygen atoms in total. The molecule has 0 saturated carbocycles. The molecule has 112 valence electrons. The Labute approximate surface area is 122 Å². The molecule has 0 aliphatic carbocycles. The van der Waals surface area contributed by atoms with Crippen molar-refractivity contribution in [2.24, 2.45) is 0 Å². The zero-order chi connectivity index (χ0) is 15.4. The van der Waals surface area contributed by atoms with Gasteiger partial charge in [0.05, 0.1) is 17.7 Å². The number of ether oxygens (including phenoxy) is 1. The van der Waals surface area contributed by atoms with Gasteiger partial charge in [-0.25, -0.2) is 4.79 Å². The highest BCUT2D eigenvalue weighted by Gasteiger charge is 2.21. The summed E-state index contributed by atoms with van der Waals surface area (Å²) in [5, 5.41) is 17.3. The van der Waals surface area contributed by atoms with Crippen molar-refractivity contribution in [1.29, 1.82) is 0 Å². The topological polar surface area (TPSA) is 85.5 Å². The number of carboxylic acids is 1. The molecule has 0 amide bonds. The van der Waals surface area contributed by atoms with E-state index < -0.39 is 5.97 Å². The molecule has 2 rings (SSSR count). The van der Waals surface area contributed by atoms with E-state index in [0.29, 0.717) is 36.7 Å². The molecule has 0 fully saturated rings. The summed E-state index contributed by atoms with van der Waals surface area (Å²) in [6.07, 6.45) is 0.508. The SMILES string of the molecule is CCOCCc1nnc(-c2c(C)ccc(C)c2C(=O)O)o1. The second-order valence-corrected chi connectivity index (χ2v) is 4.70. The van der Waals surface area contributed by atoms with E-state index in [9.17, 15) is 9.90 Å². The van der Waals surface area contributed by atoms with Crippen LogP contribution in [-0.4, -0.2) is 34.5 Å². The molecule has 0 aliphatic rings. The van der Waals surface area contributed by atoms with E-state index in [-0.39, 0.29) is 11.5 Å². The van der Waals surface area contributed by atoms with Gasteiger partial charge in [0.15, 0.2) is 0 Å². The van der Waals surface area contributed by atoms with Crippen LogP contribution in [0.5, 0.6) is 0 Å². The first-order chi connectivity index (χ1) is 10.0. The third-order valence-electron chi connectivity index (χ3n) is 3.18. The van der Waals surface area contributed by atoms with Crippen LogP contribution >= 0.6 is 0 Å². The van der Waals surface area contributed by atoms with Crippen LogP contribution in [0.2, 0.25) is 0 Å². The van der Waals surface area contributed by atoms with E-state index in [1.165, 1.54) is 0 Å². The number of nitrogens with zero attached hydrogens (tertiary/aromatic N) is 2. The van der Waals surface area contributed by atoms with Crippen LogP contribution in [0.15, 0.2) is 16.5 Å². The van der Waals surface area contributed by atoms with Gasteiger partial charge in [-0.2, -0.15) is 0 Å². The molecule has 0 unspecified atom stereocenters. The van der Waals surface area contributed by atoms with Crippen molar-refractivity contribution in [3.8, 4) is 11.5 Å². The van der Waals surface area contributed by atoms with Crippen molar-refractivity contribution in [3.63, 3.8) is 0 Å². The summed E-state index contributed by atoms with van der Waals surface area (Å²) in [4.78, 5) is 11.5. The van der Waals surface area contributed by atoms with Gasteiger partial charge in [-0.05, 0) is 31.9 Å². The Kier molecular flexibility index (Phi) is 4.70. The predicted molar refractivity (Wildman–Crippen MR) is 76.4 cm³/mol. The molecule has 0 spiro atoms. The van der Waals surface area contributed by atoms with Crippen LogP contribution in [0.1, 0.15) is 34.3 Å². The van der Waals surface area contributed by atoms with Gasteiger partial charge in [-0.3, -0.25) is 0 Å². The van der Waals surface area contributed by atoms with Crippen LogP contribution in [0.4, 0.5) is 0 Å². The number of carbonyl (C=O) groups is 1. The number of aryl methyl sites for hydroxylation is 2. The van der Waals surface area contributed by atoms with Crippen molar-refractivity contribution in [2.75, 3.05) is 13.2 Å². The summed E-state index contributed by atoms with van der Waals surface area (Å²) in [5.41, 5.74) is 2.14. The fourth-order valence-corrected chi connectivity index (χ4v) is 2.12. The lowest BCUT2D eigenvalue weighted by Gasteiger charge is -2.08. The summed E-state index contributed by atoms with van der Waals surface area (Å²) in [6.45, 7) is 6.61. The minimum atomic E-state index is -1.000. The average Bonchev–Trinajstić information content (AvgIpc) is 2.89. The zero-order valence-corrected chi connectivity index (χ0v) is 12.3. The van der Waals surface area contributed by atoms with Gasteiger partial charge in [0.1, 0.15) is 0 Å². The average molecular weight is 290 g/mol. The molecule has 0 saturated heterocycles. The van der Waals surface area contributed by atoms with E-state index >= 15 is 0 Å². The van der Waals surface area contributed by atoms with Crippen LogP contribution in [0.3, 0.4) is 0 Å². The first kappa shape index (κ1) is 15.2. The second-order valence-electron chi connectivity index (χ2n) is 4.70. The highest BCUT2D eigenvalue weighted by atomic mass is 16.5. The summed E-state index contributed by atoms with van der Waals surface area (Å²) in [5.74, 6) is -0.323. The van der Waals surface area contributed by atoms with Crippen LogP contribution in [0, 0.1) is 13.8 Å². The van der Waals surface area contributed by atoms with Crippen LogP contribution in [-0.2, 0) is 11.2 Å². The van der Waals surface area contributed by atoms with Crippen molar-refractivity contribution >= 4 is 5.97 Å². The molecule has 1 aromatic carbocycles. The van der Waals surface area contributed by atoms with E-state index in [0.717, 1.165) is 5.56 Å². The van der Waals surface area contributed by atoms with Crippen LogP contribution in [0.25, 0.3) is 11.5 Å². The smallest absolute Gasteiger partial charge is 0.336 e. The second kappa shape index (κ2) is 6.49. The first-order valence-corrected chi connectivity index (χ1v) is 6.78. The number of carboxylic acid groups (broad SMARTS) is 1. The predicted octanol–water partition coefficient (Wildman–Crippen LogP) is 2.63. The van der Waals surface area contributed by atoms with Gasteiger partial charge in [-0.1, -0.05) is 12.1 Å². The Bertz CT molecular complexity index is 649. The molecule has 1 heterocycles. The molecular formula is C15H18N2O4. The van der Waals surface area contributed by atoms with E-state index in [1.807, 2.05) is 19.9 Å². The molecule has 0 atom stereocenters. The van der Waals surface area contributed by atoms with Gasteiger partial charge < -0.3 is 14.3 Å². The lowest BCUT2D eigenvalue weighted by Crippen LogP contribution is -2.04. The normalized spacial score (nSPS) is 10.8. The molecule has 21 heavy (non-hydrogen) atoms. The molecule has 0 aliphatic heterocycles. The van der Waals surface area contributed by atoms with Gasteiger partial charge >= 0.3 is 5.97 Å². The molecule has 1 N–H and O–H groups in total. The number of hydrogen-bond donors (Lipinski definition) is 1. The Morgan fingerprint density at radius 1 is 1.29 bits per heavy atom. The fraction of sp³-hybridized carbons (Fsp3) is 0.400. The third kappa shape index (κ3) is 3.28. The van der Waals surface area contributed by atoms with E-state index in [1.54, 1.807) is 13.0 Å². The summed E-state index contributed by atoms with van der Waals surface area (Å²) >= 11 is 0. The molecule has 0 radical (unpaired) electrons. The van der Waals surface area contributed by atoms with Crippen LogP contribution < -0.4 is 0 Å². The minimum Gasteiger partial charge on any atom is -0.478 e. The largest absolute Gasteiger partial charge is 0.478 e. The van der Waals surface area contributed by atoms with E-state index in [2.05, 4.69) is 10.2 Å². The third-order valence-corrected chi connectivity index (χ3v) is 3.18. The lowest BCUT2D eigenvalue weighted by atomic mass is 9.97. The number of aromatic nitrogens is 2. The van der Waals surface area contributed by atoms with E-state index in [4.69, 9.17) is 9.15 Å². The molecule has 2 aromatic rings. The maximum atomic E-state index is 11.5. The Balaban J connectivity index is 2.38. The van der Waals surface area contributed by atoms with Crippen molar-refractivity contribution in [2.45, 2.75) is 27.2 Å². The van der Waals surface area contributed by atoms with Gasteiger partial charge in [0.2, 0.25) is 11.8 Å². The Morgan fingerprint density at radius 2 is 2.00 bits per heavy atom. The van der Waals surface area contributed by atoms with Crippen molar-refractivity contribution in [1.82, 2.24) is 10.2 Å². The fourth-order valence-electron chi connectivity index (χ4n) is 2.12. The number of aromatic carboxylic acids is 1. The molecule has 0 bridgehead atoms. The van der Waals surface area contributed by atoms with Gasteiger partial charge in [0.25, 0.3) is 0 Å².